The third-order valence-corrected chi connectivity index (χ3v) is 4.30. The minimum atomic E-state index is 0.696. The average Bonchev–Trinajstić information content (AvgIpc) is 2.28. The van der Waals surface area contributed by atoms with Gasteiger partial charge in [-0.3, -0.25) is 0 Å². The number of halogens is 2. The number of hydrogen-bond donors (Lipinski definition) is 1. The average molecular weight is 329 g/mol. The fourth-order valence-corrected chi connectivity index (χ4v) is 3.08. The Bertz CT molecular complexity index is 531. The molecule has 0 bridgehead atoms. The van der Waals surface area contributed by atoms with Crippen LogP contribution in [0, 0.1) is 0 Å². The van der Waals surface area contributed by atoms with Crippen molar-refractivity contribution < 1.29 is 0 Å². The number of nitrogen functional groups attached to an aromatic ring is 1. The van der Waals surface area contributed by atoms with Crippen molar-refractivity contribution in [1.29, 1.82) is 0 Å². The molecule has 0 heterocycles. The predicted octanol–water partition coefficient (Wildman–Crippen LogP) is 4.98. The molecule has 88 valence electrons. The quantitative estimate of drug-likeness (QED) is 0.635. The third kappa shape index (κ3) is 3.66. The Morgan fingerprint density at radius 3 is 2.71 bits per heavy atom. The van der Waals surface area contributed by atoms with Crippen molar-refractivity contribution in [3.8, 4) is 0 Å². The van der Waals surface area contributed by atoms with Gasteiger partial charge in [-0.15, -0.1) is 11.8 Å². The lowest BCUT2D eigenvalue weighted by atomic mass is 10.2. The molecule has 0 saturated heterocycles. The number of thioether (sulfide) groups is 1. The summed E-state index contributed by atoms with van der Waals surface area (Å²) in [6.07, 6.45) is 0. The lowest BCUT2D eigenvalue weighted by molar-refractivity contribution is 1.37. The SMILES string of the molecule is Nc1ccc(SCc2cccc(Br)c2)c(Cl)c1. The number of nitrogens with two attached hydrogens (primary N) is 1. The second kappa shape index (κ2) is 5.80. The van der Waals surface area contributed by atoms with E-state index in [4.69, 9.17) is 17.3 Å². The summed E-state index contributed by atoms with van der Waals surface area (Å²) in [6, 6.07) is 13.9. The van der Waals surface area contributed by atoms with Crippen molar-refractivity contribution in [2.75, 3.05) is 5.73 Å². The van der Waals surface area contributed by atoms with Gasteiger partial charge in [-0.25, -0.2) is 0 Å². The van der Waals surface area contributed by atoms with E-state index in [0.717, 1.165) is 15.1 Å². The van der Waals surface area contributed by atoms with Crippen molar-refractivity contribution in [2.45, 2.75) is 10.6 Å². The summed E-state index contributed by atoms with van der Waals surface area (Å²) in [7, 11) is 0. The lowest BCUT2D eigenvalue weighted by Gasteiger charge is -2.05. The molecule has 4 heteroatoms. The fourth-order valence-electron chi connectivity index (χ4n) is 1.42. The van der Waals surface area contributed by atoms with Gasteiger partial charge >= 0.3 is 0 Å². The van der Waals surface area contributed by atoms with Gasteiger partial charge in [-0.05, 0) is 35.9 Å². The highest BCUT2D eigenvalue weighted by molar-refractivity contribution is 9.10. The van der Waals surface area contributed by atoms with Crippen LogP contribution in [0.5, 0.6) is 0 Å². The Hall–Kier alpha value is -0.640. The first kappa shape index (κ1) is 12.8. The van der Waals surface area contributed by atoms with Crippen LogP contribution < -0.4 is 5.73 Å². The normalized spacial score (nSPS) is 10.5. The topological polar surface area (TPSA) is 26.0 Å². The highest BCUT2D eigenvalue weighted by Crippen LogP contribution is 2.31. The molecule has 0 fully saturated rings. The first-order valence-electron chi connectivity index (χ1n) is 5.07. The zero-order valence-electron chi connectivity index (χ0n) is 8.99. The second-order valence-electron chi connectivity index (χ2n) is 3.61. The Balaban J connectivity index is 2.07. The third-order valence-electron chi connectivity index (χ3n) is 2.24. The van der Waals surface area contributed by atoms with E-state index in [1.165, 1.54) is 5.56 Å². The number of benzene rings is 2. The molecule has 0 aromatic heterocycles. The van der Waals surface area contributed by atoms with Crippen LogP contribution in [0.25, 0.3) is 0 Å². The minimum Gasteiger partial charge on any atom is -0.399 e. The second-order valence-corrected chi connectivity index (χ2v) is 5.95. The molecule has 2 aromatic carbocycles. The molecule has 0 saturated carbocycles. The maximum atomic E-state index is 6.12. The zero-order chi connectivity index (χ0) is 12.3. The molecule has 1 nitrogen and oxygen atoms in total. The van der Waals surface area contributed by atoms with Crippen LogP contribution in [0.2, 0.25) is 5.02 Å². The van der Waals surface area contributed by atoms with Crippen LogP contribution >= 0.6 is 39.3 Å². The van der Waals surface area contributed by atoms with Gasteiger partial charge in [-0.2, -0.15) is 0 Å². The highest BCUT2D eigenvalue weighted by Gasteiger charge is 2.02. The van der Waals surface area contributed by atoms with Crippen LogP contribution in [-0.4, -0.2) is 0 Å². The molecule has 0 aliphatic rings. The van der Waals surface area contributed by atoms with Crippen LogP contribution in [0.15, 0.2) is 51.8 Å². The van der Waals surface area contributed by atoms with E-state index in [-0.39, 0.29) is 0 Å². The van der Waals surface area contributed by atoms with Gasteiger partial charge in [0.2, 0.25) is 0 Å². The predicted molar refractivity (Wildman–Crippen MR) is 79.6 cm³/mol. The molecule has 0 amide bonds. The summed E-state index contributed by atoms with van der Waals surface area (Å²) < 4.78 is 1.10. The number of hydrogen-bond acceptors (Lipinski definition) is 2. The monoisotopic (exact) mass is 327 g/mol. The van der Waals surface area contributed by atoms with E-state index in [0.29, 0.717) is 10.7 Å². The zero-order valence-corrected chi connectivity index (χ0v) is 12.1. The van der Waals surface area contributed by atoms with Crippen molar-refractivity contribution in [3.05, 3.63) is 57.5 Å². The first-order valence-corrected chi connectivity index (χ1v) is 7.23. The molecule has 0 spiro atoms. The van der Waals surface area contributed by atoms with E-state index in [2.05, 4.69) is 28.1 Å². The molecule has 0 unspecified atom stereocenters. The Labute approximate surface area is 118 Å². The molecule has 2 rings (SSSR count). The molecule has 0 aliphatic carbocycles. The van der Waals surface area contributed by atoms with Crippen LogP contribution in [0.1, 0.15) is 5.56 Å². The van der Waals surface area contributed by atoms with Gasteiger partial charge < -0.3 is 5.73 Å². The van der Waals surface area contributed by atoms with Gasteiger partial charge in [-0.1, -0.05) is 39.7 Å². The molecular weight excluding hydrogens is 318 g/mol. The highest BCUT2D eigenvalue weighted by atomic mass is 79.9. The number of anilines is 1. The van der Waals surface area contributed by atoms with Crippen molar-refractivity contribution >= 4 is 45.0 Å². The largest absolute Gasteiger partial charge is 0.399 e. The van der Waals surface area contributed by atoms with Crippen molar-refractivity contribution in [2.24, 2.45) is 0 Å². The fraction of sp³-hybridized carbons (Fsp3) is 0.0769. The Morgan fingerprint density at radius 2 is 2.00 bits per heavy atom. The summed E-state index contributed by atoms with van der Waals surface area (Å²) in [5, 5.41) is 0.713. The standard InChI is InChI=1S/C13H11BrClNS/c14-10-3-1-2-9(6-10)8-17-13-5-4-11(16)7-12(13)15/h1-7H,8,16H2. The van der Waals surface area contributed by atoms with Gasteiger partial charge in [0.15, 0.2) is 0 Å². The maximum Gasteiger partial charge on any atom is 0.0562 e. The molecule has 0 aliphatic heterocycles. The van der Waals surface area contributed by atoms with Gasteiger partial charge in [0.05, 0.1) is 5.02 Å². The summed E-state index contributed by atoms with van der Waals surface area (Å²) in [5.74, 6) is 0.892. The van der Waals surface area contributed by atoms with Gasteiger partial charge in [0.25, 0.3) is 0 Å². The molecule has 0 radical (unpaired) electrons. The van der Waals surface area contributed by atoms with Crippen LogP contribution in [0.3, 0.4) is 0 Å². The molecular formula is C13H11BrClNS. The van der Waals surface area contributed by atoms with Crippen LogP contribution in [-0.2, 0) is 5.75 Å². The molecule has 2 aromatic rings. The van der Waals surface area contributed by atoms with Gasteiger partial charge in [0, 0.05) is 20.8 Å². The molecule has 0 atom stereocenters. The van der Waals surface area contributed by atoms with Gasteiger partial charge in [0.1, 0.15) is 0 Å². The Kier molecular flexibility index (Phi) is 4.37. The summed E-state index contributed by atoms with van der Waals surface area (Å²) >= 11 is 11.3. The smallest absolute Gasteiger partial charge is 0.0562 e. The van der Waals surface area contributed by atoms with E-state index >= 15 is 0 Å². The first-order chi connectivity index (χ1) is 8.15. The molecule has 2 N–H and O–H groups in total. The van der Waals surface area contributed by atoms with Crippen LogP contribution in [0.4, 0.5) is 5.69 Å². The van der Waals surface area contributed by atoms with E-state index in [1.54, 1.807) is 17.8 Å². The summed E-state index contributed by atoms with van der Waals surface area (Å²) in [4.78, 5) is 1.06. The summed E-state index contributed by atoms with van der Waals surface area (Å²) in [5.41, 5.74) is 7.61. The summed E-state index contributed by atoms with van der Waals surface area (Å²) in [6.45, 7) is 0. The Morgan fingerprint density at radius 1 is 1.18 bits per heavy atom. The van der Waals surface area contributed by atoms with E-state index < -0.39 is 0 Å². The van der Waals surface area contributed by atoms with Crippen molar-refractivity contribution in [1.82, 2.24) is 0 Å². The van der Waals surface area contributed by atoms with Crippen molar-refractivity contribution in [3.63, 3.8) is 0 Å². The molecule has 17 heavy (non-hydrogen) atoms. The van der Waals surface area contributed by atoms with E-state index in [1.807, 2.05) is 24.3 Å². The maximum absolute atomic E-state index is 6.12. The van der Waals surface area contributed by atoms with E-state index in [9.17, 15) is 0 Å². The number of rotatable bonds is 3. The minimum absolute atomic E-state index is 0.696. The lowest BCUT2D eigenvalue weighted by Crippen LogP contribution is -1.85.